The lowest BCUT2D eigenvalue weighted by Gasteiger charge is -2.29. The van der Waals surface area contributed by atoms with E-state index in [1.165, 1.54) is 4.90 Å². The lowest BCUT2D eigenvalue weighted by molar-refractivity contribution is -0.142. The van der Waals surface area contributed by atoms with Crippen molar-refractivity contribution in [2.24, 2.45) is 0 Å². The molecule has 0 aromatic heterocycles. The van der Waals surface area contributed by atoms with Crippen LogP contribution in [0.4, 0.5) is 0 Å². The van der Waals surface area contributed by atoms with E-state index in [0.29, 0.717) is 23.8 Å². The van der Waals surface area contributed by atoms with Gasteiger partial charge in [-0.15, -0.1) is 0 Å². The molecule has 0 heterocycles. The number of hydrogen-bond donors (Lipinski definition) is 1. The summed E-state index contributed by atoms with van der Waals surface area (Å²) in [5, 5.41) is 2.90. The van der Waals surface area contributed by atoms with Crippen LogP contribution in [0.5, 0.6) is 17.2 Å². The highest BCUT2D eigenvalue weighted by molar-refractivity contribution is 5.88. The lowest BCUT2D eigenvalue weighted by atomic mass is 10.1. The van der Waals surface area contributed by atoms with Crippen LogP contribution in [0.2, 0.25) is 0 Å². The molecule has 0 spiro atoms. The minimum absolute atomic E-state index is 0.193. The van der Waals surface area contributed by atoms with Crippen molar-refractivity contribution in [3.63, 3.8) is 0 Å². The third-order valence-corrected chi connectivity index (χ3v) is 4.90. The second-order valence-corrected chi connectivity index (χ2v) is 7.13. The van der Waals surface area contributed by atoms with Crippen LogP contribution in [-0.2, 0) is 16.1 Å². The van der Waals surface area contributed by atoms with Crippen molar-refractivity contribution < 1.29 is 23.8 Å². The van der Waals surface area contributed by atoms with Crippen molar-refractivity contribution in [2.75, 3.05) is 27.4 Å². The highest BCUT2D eigenvalue weighted by Crippen LogP contribution is 2.26. The monoisotopic (exact) mass is 428 g/mol. The van der Waals surface area contributed by atoms with Crippen molar-refractivity contribution in [2.45, 2.75) is 39.3 Å². The Morgan fingerprint density at radius 2 is 1.77 bits per heavy atom. The second kappa shape index (κ2) is 12.5. The highest BCUT2D eigenvalue weighted by atomic mass is 16.5. The van der Waals surface area contributed by atoms with Crippen LogP contribution in [0, 0.1) is 0 Å². The molecule has 0 fully saturated rings. The van der Waals surface area contributed by atoms with Gasteiger partial charge in [0.15, 0.2) is 18.1 Å². The molecule has 1 N–H and O–H groups in total. The van der Waals surface area contributed by atoms with Crippen LogP contribution in [0.15, 0.2) is 48.5 Å². The van der Waals surface area contributed by atoms with Gasteiger partial charge in [0.2, 0.25) is 5.91 Å². The smallest absolute Gasteiger partial charge is 0.261 e. The van der Waals surface area contributed by atoms with Gasteiger partial charge in [-0.1, -0.05) is 37.6 Å². The Morgan fingerprint density at radius 3 is 2.45 bits per heavy atom. The predicted octanol–water partition coefficient (Wildman–Crippen LogP) is 3.42. The number of hydrogen-bond acceptors (Lipinski definition) is 5. The van der Waals surface area contributed by atoms with Crippen LogP contribution >= 0.6 is 0 Å². The second-order valence-electron chi connectivity index (χ2n) is 7.13. The van der Waals surface area contributed by atoms with Crippen molar-refractivity contribution in [3.8, 4) is 17.2 Å². The molecular weight excluding hydrogens is 396 g/mol. The molecule has 31 heavy (non-hydrogen) atoms. The Hall–Kier alpha value is -3.22. The SMILES string of the molecule is CCCCNC(=O)[C@H](C)N(Cc1cccc(OC)c1)C(=O)COc1ccccc1OC. The molecule has 0 unspecified atom stereocenters. The van der Waals surface area contributed by atoms with Crippen molar-refractivity contribution in [3.05, 3.63) is 54.1 Å². The molecule has 7 nitrogen and oxygen atoms in total. The molecule has 2 amide bonds. The van der Waals surface area contributed by atoms with Crippen LogP contribution < -0.4 is 19.5 Å². The summed E-state index contributed by atoms with van der Waals surface area (Å²) in [4.78, 5) is 27.3. The zero-order valence-corrected chi connectivity index (χ0v) is 18.7. The van der Waals surface area contributed by atoms with Gasteiger partial charge in [-0.05, 0) is 43.2 Å². The number of nitrogens with zero attached hydrogens (tertiary/aromatic N) is 1. The molecule has 0 radical (unpaired) electrons. The van der Waals surface area contributed by atoms with E-state index in [1.54, 1.807) is 39.3 Å². The van der Waals surface area contributed by atoms with E-state index in [2.05, 4.69) is 12.2 Å². The van der Waals surface area contributed by atoms with Crippen molar-refractivity contribution in [1.29, 1.82) is 0 Å². The van der Waals surface area contributed by atoms with E-state index in [1.807, 2.05) is 30.3 Å². The Balaban J connectivity index is 2.16. The first-order chi connectivity index (χ1) is 15.0. The fraction of sp³-hybridized carbons (Fsp3) is 0.417. The average Bonchev–Trinajstić information content (AvgIpc) is 2.80. The number of rotatable bonds is 12. The molecule has 0 bridgehead atoms. The largest absolute Gasteiger partial charge is 0.497 e. The van der Waals surface area contributed by atoms with E-state index < -0.39 is 6.04 Å². The van der Waals surface area contributed by atoms with Gasteiger partial charge in [0.25, 0.3) is 5.91 Å². The first-order valence-electron chi connectivity index (χ1n) is 10.5. The quantitative estimate of drug-likeness (QED) is 0.524. The average molecular weight is 429 g/mol. The van der Waals surface area contributed by atoms with Crippen LogP contribution in [0.3, 0.4) is 0 Å². The van der Waals surface area contributed by atoms with Gasteiger partial charge >= 0.3 is 0 Å². The van der Waals surface area contributed by atoms with Gasteiger partial charge in [-0.25, -0.2) is 0 Å². The molecule has 0 aliphatic rings. The van der Waals surface area contributed by atoms with E-state index in [9.17, 15) is 9.59 Å². The molecular formula is C24H32N2O5. The molecule has 1 atom stereocenters. The Morgan fingerprint density at radius 1 is 1.03 bits per heavy atom. The number of carbonyl (C=O) groups excluding carboxylic acids is 2. The molecule has 0 saturated carbocycles. The first-order valence-corrected chi connectivity index (χ1v) is 10.5. The third kappa shape index (κ3) is 7.20. The summed E-state index contributed by atoms with van der Waals surface area (Å²) in [5.74, 6) is 1.21. The summed E-state index contributed by atoms with van der Waals surface area (Å²) in [5.41, 5.74) is 0.859. The van der Waals surface area contributed by atoms with Crippen LogP contribution in [0.1, 0.15) is 32.3 Å². The minimum Gasteiger partial charge on any atom is -0.497 e. The van der Waals surface area contributed by atoms with E-state index in [0.717, 1.165) is 18.4 Å². The number of nitrogens with one attached hydrogen (secondary N) is 1. The van der Waals surface area contributed by atoms with Gasteiger partial charge in [0.1, 0.15) is 11.8 Å². The molecule has 2 aromatic rings. The van der Waals surface area contributed by atoms with E-state index in [4.69, 9.17) is 14.2 Å². The zero-order valence-electron chi connectivity index (χ0n) is 18.7. The number of carbonyl (C=O) groups is 2. The fourth-order valence-corrected chi connectivity index (χ4v) is 3.05. The number of para-hydroxylation sites is 2. The van der Waals surface area contributed by atoms with Gasteiger partial charge < -0.3 is 24.4 Å². The number of ether oxygens (including phenoxy) is 3. The Labute approximate surface area is 184 Å². The first kappa shape index (κ1) is 24.1. The van der Waals surface area contributed by atoms with Crippen molar-refractivity contribution in [1.82, 2.24) is 10.2 Å². The summed E-state index contributed by atoms with van der Waals surface area (Å²) >= 11 is 0. The number of methoxy groups -OCH3 is 2. The normalized spacial score (nSPS) is 11.4. The maximum absolute atomic E-state index is 13.1. The van der Waals surface area contributed by atoms with Crippen LogP contribution in [0.25, 0.3) is 0 Å². The van der Waals surface area contributed by atoms with Gasteiger partial charge in [0.05, 0.1) is 14.2 Å². The summed E-state index contributed by atoms with van der Waals surface area (Å²) in [7, 11) is 3.13. The molecule has 2 aromatic carbocycles. The molecule has 168 valence electrons. The Kier molecular flexibility index (Phi) is 9.68. The predicted molar refractivity (Wildman–Crippen MR) is 119 cm³/mol. The van der Waals surface area contributed by atoms with E-state index >= 15 is 0 Å². The van der Waals surface area contributed by atoms with Crippen LogP contribution in [-0.4, -0.2) is 50.1 Å². The summed E-state index contributed by atoms with van der Waals surface area (Å²) in [6, 6.07) is 13.9. The third-order valence-electron chi connectivity index (χ3n) is 4.90. The molecule has 0 saturated heterocycles. The number of unbranched alkanes of at least 4 members (excludes halogenated alkanes) is 1. The summed E-state index contributed by atoms with van der Waals surface area (Å²) in [6.45, 7) is 4.41. The highest BCUT2D eigenvalue weighted by Gasteiger charge is 2.26. The molecule has 0 aliphatic carbocycles. The minimum atomic E-state index is -0.656. The molecule has 2 rings (SSSR count). The van der Waals surface area contributed by atoms with Gasteiger partial charge in [-0.3, -0.25) is 9.59 Å². The lowest BCUT2D eigenvalue weighted by Crippen LogP contribution is -2.49. The van der Waals surface area contributed by atoms with E-state index in [-0.39, 0.29) is 25.0 Å². The number of benzene rings is 2. The summed E-state index contributed by atoms with van der Waals surface area (Å²) in [6.07, 6.45) is 1.87. The maximum Gasteiger partial charge on any atom is 0.261 e. The maximum atomic E-state index is 13.1. The zero-order chi connectivity index (χ0) is 22.6. The van der Waals surface area contributed by atoms with Gasteiger partial charge in [0, 0.05) is 13.1 Å². The topological polar surface area (TPSA) is 77.1 Å². The van der Waals surface area contributed by atoms with Crippen molar-refractivity contribution >= 4 is 11.8 Å². The fourth-order valence-electron chi connectivity index (χ4n) is 3.05. The molecule has 7 heteroatoms. The van der Waals surface area contributed by atoms with Gasteiger partial charge in [-0.2, -0.15) is 0 Å². The summed E-state index contributed by atoms with van der Waals surface area (Å²) < 4.78 is 16.3. The Bertz CT molecular complexity index is 855. The molecule has 0 aliphatic heterocycles. The number of amides is 2. The standard InChI is InChI=1S/C24H32N2O5/c1-5-6-14-25-24(28)18(2)26(16-19-10-9-11-20(15-19)29-3)23(27)17-31-22-13-8-7-12-21(22)30-4/h7-13,15,18H,5-6,14,16-17H2,1-4H3,(H,25,28)/t18-/m0/s1.